The summed E-state index contributed by atoms with van der Waals surface area (Å²) in [5, 5.41) is 3.07. The van der Waals surface area contributed by atoms with Crippen molar-refractivity contribution in [1.29, 1.82) is 0 Å². The van der Waals surface area contributed by atoms with Gasteiger partial charge in [-0.15, -0.1) is 0 Å². The Kier molecular flexibility index (Phi) is 3.18. The molecule has 0 saturated heterocycles. The summed E-state index contributed by atoms with van der Waals surface area (Å²) in [5.74, 6) is -0.00967. The molecule has 0 spiro atoms. The first-order valence-electron chi connectivity index (χ1n) is 6.95. The topological polar surface area (TPSA) is 32.3 Å². The molecule has 3 nitrogen and oxygen atoms in total. The van der Waals surface area contributed by atoms with Crippen LogP contribution in [0.3, 0.4) is 0 Å². The standard InChI is InChI=1S/C17H18N2O/c1-3-19-15-10-6-4-8-13(15)17(18-12(2)20)14-9-5-7-11-16(14)19/h4-11,17H,3H2,1-2H3,(H,18,20). The zero-order valence-electron chi connectivity index (χ0n) is 11.8. The van der Waals surface area contributed by atoms with Gasteiger partial charge in [0.2, 0.25) is 5.91 Å². The molecule has 1 amide bonds. The van der Waals surface area contributed by atoms with Crippen molar-refractivity contribution in [2.45, 2.75) is 19.9 Å². The SMILES string of the molecule is CCN1c2ccccc2C(NC(C)=O)c2ccccc21. The molecule has 0 fully saturated rings. The molecule has 0 aliphatic carbocycles. The highest BCUT2D eigenvalue weighted by Gasteiger charge is 2.29. The maximum atomic E-state index is 11.6. The smallest absolute Gasteiger partial charge is 0.217 e. The van der Waals surface area contributed by atoms with Crippen molar-refractivity contribution < 1.29 is 4.79 Å². The molecule has 1 aliphatic rings. The maximum Gasteiger partial charge on any atom is 0.217 e. The largest absolute Gasteiger partial charge is 0.345 e. The van der Waals surface area contributed by atoms with E-state index in [9.17, 15) is 4.79 Å². The van der Waals surface area contributed by atoms with Crippen LogP contribution in [0.4, 0.5) is 11.4 Å². The minimum absolute atomic E-state index is 0.00967. The van der Waals surface area contributed by atoms with Crippen molar-refractivity contribution in [2.24, 2.45) is 0 Å². The number of rotatable bonds is 2. The van der Waals surface area contributed by atoms with E-state index >= 15 is 0 Å². The fraction of sp³-hybridized carbons (Fsp3) is 0.235. The Morgan fingerprint density at radius 3 is 2.00 bits per heavy atom. The van der Waals surface area contributed by atoms with Gasteiger partial charge in [0.15, 0.2) is 0 Å². The molecule has 2 aromatic carbocycles. The summed E-state index contributed by atoms with van der Waals surface area (Å²) in [6.45, 7) is 4.62. The van der Waals surface area contributed by atoms with Crippen molar-refractivity contribution >= 4 is 17.3 Å². The van der Waals surface area contributed by atoms with Crippen LogP contribution in [0.2, 0.25) is 0 Å². The molecule has 1 heterocycles. The molecular weight excluding hydrogens is 248 g/mol. The third-order valence-corrected chi connectivity index (χ3v) is 3.74. The lowest BCUT2D eigenvalue weighted by molar-refractivity contribution is -0.119. The molecule has 20 heavy (non-hydrogen) atoms. The lowest BCUT2D eigenvalue weighted by Gasteiger charge is -2.37. The van der Waals surface area contributed by atoms with E-state index in [4.69, 9.17) is 0 Å². The van der Waals surface area contributed by atoms with Crippen LogP contribution in [0.25, 0.3) is 0 Å². The van der Waals surface area contributed by atoms with E-state index in [0.29, 0.717) is 0 Å². The van der Waals surface area contributed by atoms with Gasteiger partial charge in [0.05, 0.1) is 6.04 Å². The summed E-state index contributed by atoms with van der Waals surface area (Å²) in [5.41, 5.74) is 4.66. The van der Waals surface area contributed by atoms with Crippen LogP contribution >= 0.6 is 0 Å². The molecule has 0 radical (unpaired) electrons. The molecule has 0 saturated carbocycles. The Balaban J connectivity index is 2.21. The average Bonchev–Trinajstić information content (AvgIpc) is 2.47. The van der Waals surface area contributed by atoms with Gasteiger partial charge in [-0.3, -0.25) is 4.79 Å². The first kappa shape index (κ1) is 12.7. The van der Waals surface area contributed by atoms with Crippen LogP contribution in [0.1, 0.15) is 31.0 Å². The van der Waals surface area contributed by atoms with Crippen molar-refractivity contribution in [3.63, 3.8) is 0 Å². The van der Waals surface area contributed by atoms with Gasteiger partial charge in [0.25, 0.3) is 0 Å². The maximum absolute atomic E-state index is 11.6. The highest BCUT2D eigenvalue weighted by molar-refractivity contribution is 5.80. The van der Waals surface area contributed by atoms with Crippen LogP contribution in [0, 0.1) is 0 Å². The number of amides is 1. The van der Waals surface area contributed by atoms with Gasteiger partial charge in [-0.1, -0.05) is 36.4 Å². The Hall–Kier alpha value is -2.29. The van der Waals surface area contributed by atoms with Crippen LogP contribution in [0.5, 0.6) is 0 Å². The third-order valence-electron chi connectivity index (χ3n) is 3.74. The number of anilines is 2. The van der Waals surface area contributed by atoms with Gasteiger partial charge in [0.1, 0.15) is 0 Å². The number of hydrogen-bond acceptors (Lipinski definition) is 2. The zero-order valence-corrected chi connectivity index (χ0v) is 11.8. The van der Waals surface area contributed by atoms with Gasteiger partial charge in [-0.2, -0.15) is 0 Å². The molecule has 0 aromatic heterocycles. The van der Waals surface area contributed by atoms with Crippen LogP contribution in [0.15, 0.2) is 48.5 Å². The molecule has 2 aromatic rings. The Morgan fingerprint density at radius 1 is 1.05 bits per heavy atom. The molecule has 0 unspecified atom stereocenters. The van der Waals surface area contributed by atoms with E-state index in [1.54, 1.807) is 6.92 Å². The summed E-state index contributed by atoms with van der Waals surface area (Å²) < 4.78 is 0. The van der Waals surface area contributed by atoms with Gasteiger partial charge >= 0.3 is 0 Å². The highest BCUT2D eigenvalue weighted by Crippen LogP contribution is 2.43. The number of benzene rings is 2. The number of para-hydroxylation sites is 2. The van der Waals surface area contributed by atoms with Crippen LogP contribution in [-0.4, -0.2) is 12.5 Å². The zero-order chi connectivity index (χ0) is 14.1. The molecule has 3 heteroatoms. The Labute approximate surface area is 119 Å². The second kappa shape index (κ2) is 5.00. The monoisotopic (exact) mass is 266 g/mol. The van der Waals surface area contributed by atoms with Crippen molar-refractivity contribution in [2.75, 3.05) is 11.4 Å². The number of carbonyl (C=O) groups is 1. The third kappa shape index (κ3) is 1.95. The molecule has 1 aliphatic heterocycles. The number of fused-ring (bicyclic) bond motifs is 2. The fourth-order valence-corrected chi connectivity index (χ4v) is 2.95. The van der Waals surface area contributed by atoms with Gasteiger partial charge in [-0.05, 0) is 19.1 Å². The number of hydrogen-bond donors (Lipinski definition) is 1. The second-order valence-electron chi connectivity index (χ2n) is 5.00. The first-order chi connectivity index (χ1) is 9.72. The van der Waals surface area contributed by atoms with E-state index in [1.165, 1.54) is 11.4 Å². The van der Waals surface area contributed by atoms with Gasteiger partial charge in [0, 0.05) is 36.0 Å². The van der Waals surface area contributed by atoms with Crippen molar-refractivity contribution in [3.05, 3.63) is 59.7 Å². The molecule has 0 bridgehead atoms. The summed E-state index contributed by atoms with van der Waals surface area (Å²) >= 11 is 0. The summed E-state index contributed by atoms with van der Waals surface area (Å²) in [4.78, 5) is 13.9. The van der Waals surface area contributed by atoms with Crippen LogP contribution < -0.4 is 10.2 Å². The number of nitrogens with one attached hydrogen (secondary N) is 1. The first-order valence-corrected chi connectivity index (χ1v) is 6.95. The fourth-order valence-electron chi connectivity index (χ4n) is 2.95. The average molecular weight is 266 g/mol. The second-order valence-corrected chi connectivity index (χ2v) is 5.00. The number of nitrogens with zero attached hydrogens (tertiary/aromatic N) is 1. The molecule has 0 atom stereocenters. The molecule has 1 N–H and O–H groups in total. The minimum Gasteiger partial charge on any atom is -0.345 e. The predicted molar refractivity (Wildman–Crippen MR) is 81.2 cm³/mol. The molecule has 3 rings (SSSR count). The van der Waals surface area contributed by atoms with Crippen molar-refractivity contribution in [3.8, 4) is 0 Å². The summed E-state index contributed by atoms with van der Waals surface area (Å²) in [7, 11) is 0. The van der Waals surface area contributed by atoms with Gasteiger partial charge in [-0.25, -0.2) is 0 Å². The normalized spacial score (nSPS) is 13.6. The number of carbonyl (C=O) groups excluding carboxylic acids is 1. The van der Waals surface area contributed by atoms with E-state index in [2.05, 4.69) is 41.4 Å². The minimum atomic E-state index is -0.0669. The van der Waals surface area contributed by atoms with E-state index in [-0.39, 0.29) is 11.9 Å². The van der Waals surface area contributed by atoms with Crippen molar-refractivity contribution in [1.82, 2.24) is 5.32 Å². The lowest BCUT2D eigenvalue weighted by atomic mass is 9.90. The summed E-state index contributed by atoms with van der Waals surface area (Å²) in [6, 6.07) is 16.5. The molecule has 102 valence electrons. The predicted octanol–water partition coefficient (Wildman–Crippen LogP) is 3.38. The van der Waals surface area contributed by atoms with Gasteiger partial charge < -0.3 is 10.2 Å². The quantitative estimate of drug-likeness (QED) is 0.903. The van der Waals surface area contributed by atoms with Crippen LogP contribution in [-0.2, 0) is 4.79 Å². The van der Waals surface area contributed by atoms with E-state index in [1.807, 2.05) is 24.3 Å². The highest BCUT2D eigenvalue weighted by atomic mass is 16.1. The lowest BCUT2D eigenvalue weighted by Crippen LogP contribution is -2.33. The summed E-state index contributed by atoms with van der Waals surface area (Å²) in [6.07, 6.45) is 0. The van der Waals surface area contributed by atoms with E-state index < -0.39 is 0 Å². The van der Waals surface area contributed by atoms with E-state index in [0.717, 1.165) is 17.7 Å². The Morgan fingerprint density at radius 2 is 1.55 bits per heavy atom. The Bertz CT molecular complexity index is 603. The molecular formula is C17H18N2O.